The van der Waals surface area contributed by atoms with Crippen LogP contribution >= 0.6 is 45.3 Å². The molecule has 4 heterocycles. The summed E-state index contributed by atoms with van der Waals surface area (Å²) in [5.74, 6) is 0. The van der Waals surface area contributed by atoms with E-state index in [1.54, 1.807) is 0 Å². The molecule has 10 rings (SSSR count). The molecule has 0 saturated heterocycles. The third-order valence-electron chi connectivity index (χ3n) is 8.35. The molecule has 0 unspecified atom stereocenters. The van der Waals surface area contributed by atoms with Crippen LogP contribution in [0, 0.1) is 0 Å². The Balaban J connectivity index is 1.61. The lowest BCUT2D eigenvalue weighted by molar-refractivity contribution is 1.75. The summed E-state index contributed by atoms with van der Waals surface area (Å²) >= 11 is 7.54. The van der Waals surface area contributed by atoms with Crippen LogP contribution in [0.3, 0.4) is 0 Å². The number of benzene rings is 6. The van der Waals surface area contributed by atoms with Crippen molar-refractivity contribution in [2.24, 2.45) is 0 Å². The molecule has 2 nitrogen and oxygen atoms in total. The minimum absolute atomic E-state index is 0.643. The maximum absolute atomic E-state index is 6.45. The van der Waals surface area contributed by atoms with E-state index < -0.39 is 0 Å². The lowest BCUT2D eigenvalue weighted by Gasteiger charge is -2.08. The SMILES string of the molecule is Nc1cc2c(cc1N)c1sc3ccc4sc5ccccc5c4c3c1c1c2sc2ccc3sc4ccccc4c3c21. The van der Waals surface area contributed by atoms with Gasteiger partial charge in [0.05, 0.1) is 11.4 Å². The van der Waals surface area contributed by atoms with Crippen LogP contribution in [0.5, 0.6) is 0 Å². The normalized spacial score (nSPS) is 12.7. The Bertz CT molecular complexity index is 2550. The summed E-state index contributed by atoms with van der Waals surface area (Å²) in [7, 11) is 0. The second-order valence-electron chi connectivity index (χ2n) is 10.5. The molecule has 0 amide bonds. The second-order valence-corrected chi connectivity index (χ2v) is 14.7. The molecular formula is C34H18N2S4. The van der Waals surface area contributed by atoms with Crippen LogP contribution < -0.4 is 11.5 Å². The Morgan fingerprint density at radius 2 is 0.750 bits per heavy atom. The van der Waals surface area contributed by atoms with Gasteiger partial charge in [-0.2, -0.15) is 0 Å². The lowest BCUT2D eigenvalue weighted by atomic mass is 9.96. The highest BCUT2D eigenvalue weighted by Crippen LogP contribution is 2.54. The van der Waals surface area contributed by atoms with Crippen molar-refractivity contribution in [3.63, 3.8) is 0 Å². The Labute approximate surface area is 243 Å². The molecule has 4 N–H and O–H groups in total. The van der Waals surface area contributed by atoms with E-state index in [4.69, 9.17) is 11.5 Å². The van der Waals surface area contributed by atoms with Crippen LogP contribution in [0.2, 0.25) is 0 Å². The summed E-state index contributed by atoms with van der Waals surface area (Å²) in [5.41, 5.74) is 14.2. The van der Waals surface area contributed by atoms with Crippen molar-refractivity contribution in [2.45, 2.75) is 0 Å². The molecule has 40 heavy (non-hydrogen) atoms. The van der Waals surface area contributed by atoms with E-state index >= 15 is 0 Å². The van der Waals surface area contributed by atoms with E-state index in [1.165, 1.54) is 91.5 Å². The lowest BCUT2D eigenvalue weighted by Crippen LogP contribution is -1.94. The number of anilines is 2. The van der Waals surface area contributed by atoms with Crippen LogP contribution in [0.15, 0.2) is 84.9 Å². The predicted molar refractivity (Wildman–Crippen MR) is 184 cm³/mol. The average molecular weight is 583 g/mol. The van der Waals surface area contributed by atoms with Gasteiger partial charge in [0.2, 0.25) is 0 Å². The summed E-state index contributed by atoms with van der Waals surface area (Å²) in [4.78, 5) is 0. The Kier molecular flexibility index (Phi) is 4.05. The van der Waals surface area contributed by atoms with Crippen molar-refractivity contribution in [1.29, 1.82) is 0 Å². The fourth-order valence-electron chi connectivity index (χ4n) is 6.68. The molecule has 6 heteroatoms. The van der Waals surface area contributed by atoms with Gasteiger partial charge in [0.25, 0.3) is 0 Å². The number of nitrogens with two attached hydrogens (primary N) is 2. The van der Waals surface area contributed by atoms with Crippen molar-refractivity contribution >= 4 is 148 Å². The zero-order chi connectivity index (χ0) is 26.3. The topological polar surface area (TPSA) is 52.0 Å². The third-order valence-corrected chi connectivity index (χ3v) is 13.0. The predicted octanol–water partition coefficient (Wildman–Crippen LogP) is 11.5. The summed E-state index contributed by atoms with van der Waals surface area (Å²) in [6.07, 6.45) is 0. The van der Waals surface area contributed by atoms with Gasteiger partial charge < -0.3 is 11.5 Å². The number of rotatable bonds is 0. The van der Waals surface area contributed by atoms with E-state index in [0.29, 0.717) is 11.4 Å². The number of hydrogen-bond donors (Lipinski definition) is 2. The van der Waals surface area contributed by atoms with Crippen LogP contribution in [0.25, 0.3) is 91.5 Å². The number of thiophene rings is 4. The van der Waals surface area contributed by atoms with Crippen molar-refractivity contribution in [1.82, 2.24) is 0 Å². The molecule has 0 fully saturated rings. The van der Waals surface area contributed by atoms with Gasteiger partial charge in [-0.15, -0.1) is 45.3 Å². The Morgan fingerprint density at radius 1 is 0.350 bits per heavy atom. The molecule has 0 radical (unpaired) electrons. The first-order valence-corrected chi connectivity index (χ1v) is 16.4. The van der Waals surface area contributed by atoms with E-state index in [9.17, 15) is 0 Å². The van der Waals surface area contributed by atoms with Gasteiger partial charge in [0.1, 0.15) is 0 Å². The number of fused-ring (bicyclic) bond motifs is 18. The fourth-order valence-corrected chi connectivity index (χ4v) is 11.4. The summed E-state index contributed by atoms with van der Waals surface area (Å²) in [6.45, 7) is 0. The third kappa shape index (κ3) is 2.58. The van der Waals surface area contributed by atoms with E-state index in [1.807, 2.05) is 45.3 Å². The average Bonchev–Trinajstić information content (AvgIpc) is 3.72. The van der Waals surface area contributed by atoms with Crippen LogP contribution in [-0.2, 0) is 0 Å². The molecule has 188 valence electrons. The first-order chi connectivity index (χ1) is 19.7. The highest BCUT2D eigenvalue weighted by molar-refractivity contribution is 7.31. The molecule has 6 aromatic carbocycles. The Morgan fingerprint density at radius 3 is 1.20 bits per heavy atom. The molecule has 0 aliphatic rings. The molecular weight excluding hydrogens is 565 g/mol. The number of hydrogen-bond acceptors (Lipinski definition) is 6. The largest absolute Gasteiger partial charge is 0.397 e. The quantitative estimate of drug-likeness (QED) is 0.175. The molecule has 0 saturated carbocycles. The summed E-state index contributed by atoms with van der Waals surface area (Å²) in [6, 6.07) is 31.1. The minimum atomic E-state index is 0.643. The van der Waals surface area contributed by atoms with Gasteiger partial charge in [-0.1, -0.05) is 36.4 Å². The second kappa shape index (κ2) is 7.42. The molecule has 0 atom stereocenters. The first kappa shape index (κ1) is 21.8. The highest BCUT2D eigenvalue weighted by Gasteiger charge is 2.23. The van der Waals surface area contributed by atoms with Crippen molar-refractivity contribution in [3.05, 3.63) is 84.9 Å². The fraction of sp³-hybridized carbons (Fsp3) is 0. The maximum atomic E-state index is 6.45. The van der Waals surface area contributed by atoms with Crippen LogP contribution in [0.4, 0.5) is 11.4 Å². The first-order valence-electron chi connectivity index (χ1n) is 13.1. The summed E-state index contributed by atoms with van der Waals surface area (Å²) < 4.78 is 10.6. The monoisotopic (exact) mass is 582 g/mol. The van der Waals surface area contributed by atoms with Crippen LogP contribution in [-0.4, -0.2) is 0 Å². The standard InChI is InChI=1S/C34H18N2S4/c35-19-13-17-18(14-20(19)36)34-32(30-26(40-34)12-10-24-28(30)16-6-2-4-8-22(16)38-24)31-29-25(39-33(17)31)11-9-23-27(29)15-5-1-3-7-21(15)37-23/h1-14H,35-36H2. The van der Waals surface area contributed by atoms with E-state index in [0.717, 1.165) is 0 Å². The molecule has 0 aliphatic heterocycles. The highest BCUT2D eigenvalue weighted by atomic mass is 32.1. The van der Waals surface area contributed by atoms with Gasteiger partial charge in [-0.3, -0.25) is 0 Å². The van der Waals surface area contributed by atoms with Gasteiger partial charge in [0.15, 0.2) is 0 Å². The summed E-state index contributed by atoms with van der Waals surface area (Å²) in [5, 5.41) is 13.3. The van der Waals surface area contributed by atoms with E-state index in [2.05, 4.69) is 84.9 Å². The van der Waals surface area contributed by atoms with E-state index in [-0.39, 0.29) is 0 Å². The minimum Gasteiger partial charge on any atom is -0.397 e. The maximum Gasteiger partial charge on any atom is 0.0554 e. The number of nitrogen functional groups attached to an aromatic ring is 2. The molecule has 0 spiro atoms. The Hall–Kier alpha value is -3.94. The molecule has 4 aromatic heterocycles. The van der Waals surface area contributed by atoms with Gasteiger partial charge in [-0.25, -0.2) is 0 Å². The zero-order valence-corrected chi connectivity index (χ0v) is 24.1. The van der Waals surface area contributed by atoms with Crippen molar-refractivity contribution in [3.8, 4) is 0 Å². The molecule has 0 aliphatic carbocycles. The molecule has 10 aromatic rings. The molecule has 0 bridgehead atoms. The van der Waals surface area contributed by atoms with Gasteiger partial charge in [0, 0.05) is 91.5 Å². The van der Waals surface area contributed by atoms with Gasteiger partial charge >= 0.3 is 0 Å². The zero-order valence-electron chi connectivity index (χ0n) is 20.9. The van der Waals surface area contributed by atoms with Gasteiger partial charge in [-0.05, 0) is 48.5 Å². The van der Waals surface area contributed by atoms with Crippen molar-refractivity contribution < 1.29 is 0 Å². The smallest absolute Gasteiger partial charge is 0.0554 e. The van der Waals surface area contributed by atoms with Crippen molar-refractivity contribution in [2.75, 3.05) is 11.5 Å². The van der Waals surface area contributed by atoms with Crippen LogP contribution in [0.1, 0.15) is 0 Å².